The highest BCUT2D eigenvalue weighted by Crippen LogP contribution is 2.33. The topological polar surface area (TPSA) is 23.2 Å². The molecule has 1 N–H and O–H groups in total. The van der Waals surface area contributed by atoms with E-state index in [-0.39, 0.29) is 12.4 Å². The summed E-state index contributed by atoms with van der Waals surface area (Å²) in [6, 6.07) is 5.48. The monoisotopic (exact) mass is 351 g/mol. The molecule has 0 bridgehead atoms. The average Bonchev–Trinajstić information content (AvgIpc) is 2.70. The number of aromatic hydroxyl groups is 1. The molecular formula is C11H11BrClNOS2. The van der Waals surface area contributed by atoms with E-state index in [1.165, 1.54) is 3.98 Å². The van der Waals surface area contributed by atoms with Crippen molar-refractivity contribution in [2.45, 2.75) is 0 Å². The van der Waals surface area contributed by atoms with Crippen molar-refractivity contribution < 1.29 is 17.5 Å². The highest BCUT2D eigenvalue weighted by atomic mass is 79.9. The SMILES string of the molecule is C[N+](C)=c1scc(-c2cc(Br)ccc2O)s1.[Cl-]. The molecule has 0 unspecified atom stereocenters. The fourth-order valence-electron chi connectivity index (χ4n) is 1.27. The Morgan fingerprint density at radius 2 is 2.00 bits per heavy atom. The van der Waals surface area contributed by atoms with Crippen LogP contribution in [0, 0.1) is 0 Å². The number of phenolic OH excluding ortho intramolecular Hbond substituents is 1. The van der Waals surface area contributed by atoms with Crippen LogP contribution in [0.3, 0.4) is 0 Å². The van der Waals surface area contributed by atoms with Gasteiger partial charge < -0.3 is 17.5 Å². The van der Waals surface area contributed by atoms with E-state index in [9.17, 15) is 5.11 Å². The lowest BCUT2D eigenvalue weighted by Crippen LogP contribution is -3.00. The van der Waals surface area contributed by atoms with Gasteiger partial charge in [-0.1, -0.05) is 38.6 Å². The third kappa shape index (κ3) is 3.31. The van der Waals surface area contributed by atoms with E-state index < -0.39 is 0 Å². The van der Waals surface area contributed by atoms with Crippen LogP contribution in [0.5, 0.6) is 5.75 Å². The van der Waals surface area contributed by atoms with Crippen molar-refractivity contribution in [3.8, 4) is 16.2 Å². The lowest BCUT2D eigenvalue weighted by atomic mass is 10.2. The van der Waals surface area contributed by atoms with Crippen LogP contribution in [0.25, 0.3) is 10.4 Å². The summed E-state index contributed by atoms with van der Waals surface area (Å²) in [4.78, 5) is 1.09. The van der Waals surface area contributed by atoms with Crippen LogP contribution in [0.15, 0.2) is 28.1 Å². The van der Waals surface area contributed by atoms with E-state index >= 15 is 0 Å². The molecule has 1 aromatic carbocycles. The summed E-state index contributed by atoms with van der Waals surface area (Å²) in [7, 11) is 4.04. The van der Waals surface area contributed by atoms with Gasteiger partial charge in [-0.05, 0) is 18.2 Å². The molecule has 92 valence electrons. The first-order chi connectivity index (χ1) is 7.58. The highest BCUT2D eigenvalue weighted by Gasteiger charge is 2.09. The third-order valence-corrected chi connectivity index (χ3v) is 5.25. The number of hydrogen-bond acceptors (Lipinski definition) is 3. The van der Waals surface area contributed by atoms with Gasteiger partial charge in [0.2, 0.25) is 0 Å². The van der Waals surface area contributed by atoms with E-state index in [1.54, 1.807) is 28.7 Å². The Balaban J connectivity index is 0.00000144. The molecule has 0 radical (unpaired) electrons. The molecule has 1 aromatic heterocycles. The van der Waals surface area contributed by atoms with Gasteiger partial charge in [0.25, 0.3) is 0 Å². The molecule has 0 aliphatic carbocycles. The molecule has 2 rings (SSSR count). The van der Waals surface area contributed by atoms with Crippen molar-refractivity contribution in [1.29, 1.82) is 0 Å². The number of rotatable bonds is 1. The average molecular weight is 353 g/mol. The molecule has 0 spiro atoms. The Morgan fingerprint density at radius 1 is 1.29 bits per heavy atom. The fraction of sp³-hybridized carbons (Fsp3) is 0.182. The quantitative estimate of drug-likeness (QED) is 0.717. The molecule has 2 aromatic rings. The maximum Gasteiger partial charge on any atom is 0.314 e. The second-order valence-electron chi connectivity index (χ2n) is 3.52. The zero-order chi connectivity index (χ0) is 11.7. The maximum absolute atomic E-state index is 9.81. The van der Waals surface area contributed by atoms with Crippen LogP contribution in [-0.4, -0.2) is 19.2 Å². The predicted molar refractivity (Wildman–Crippen MR) is 74.1 cm³/mol. The Kier molecular flexibility index (Phi) is 5.19. The number of nitrogens with zero attached hydrogens (tertiary/aromatic N) is 1. The van der Waals surface area contributed by atoms with E-state index in [0.29, 0.717) is 5.75 Å². The van der Waals surface area contributed by atoms with Crippen molar-refractivity contribution in [3.63, 3.8) is 0 Å². The van der Waals surface area contributed by atoms with Crippen molar-refractivity contribution in [1.82, 2.24) is 4.58 Å². The largest absolute Gasteiger partial charge is 1.00 e. The van der Waals surface area contributed by atoms with Crippen molar-refractivity contribution in [2.75, 3.05) is 14.1 Å². The van der Waals surface area contributed by atoms with E-state index in [2.05, 4.69) is 25.9 Å². The fourth-order valence-corrected chi connectivity index (χ4v) is 3.76. The second kappa shape index (κ2) is 6.00. The van der Waals surface area contributed by atoms with Gasteiger partial charge in [0.05, 0.1) is 4.88 Å². The van der Waals surface area contributed by atoms with Gasteiger partial charge in [0.15, 0.2) is 0 Å². The summed E-state index contributed by atoms with van der Waals surface area (Å²) in [5.41, 5.74) is 0.878. The van der Waals surface area contributed by atoms with Crippen molar-refractivity contribution in [3.05, 3.63) is 32.0 Å². The summed E-state index contributed by atoms with van der Waals surface area (Å²) in [6.07, 6.45) is 0. The van der Waals surface area contributed by atoms with Crippen LogP contribution >= 0.6 is 38.6 Å². The zero-order valence-corrected chi connectivity index (χ0v) is 13.3. The first-order valence-electron chi connectivity index (χ1n) is 4.66. The summed E-state index contributed by atoms with van der Waals surface area (Å²) >= 11 is 6.78. The number of hydrogen-bond donors (Lipinski definition) is 1. The van der Waals surface area contributed by atoms with Crippen LogP contribution in [0.1, 0.15) is 0 Å². The van der Waals surface area contributed by atoms with E-state index in [4.69, 9.17) is 0 Å². The molecule has 0 aliphatic rings. The normalized spacial score (nSPS) is 9.82. The summed E-state index contributed by atoms with van der Waals surface area (Å²) in [5.74, 6) is 0.322. The standard InChI is InChI=1S/C11H10BrNOS2.ClH/c1-13(2)11-15-6-10(16-11)8-5-7(12)3-4-9(8)14;/h3-6H,1-2H3;1H. The molecule has 0 saturated heterocycles. The summed E-state index contributed by atoms with van der Waals surface area (Å²) < 4.78 is 4.27. The van der Waals surface area contributed by atoms with Crippen LogP contribution < -0.4 is 21.0 Å². The predicted octanol–water partition coefficient (Wildman–Crippen LogP) is -0.0195. The Bertz CT molecular complexity index is 587. The minimum absolute atomic E-state index is 0. The summed E-state index contributed by atoms with van der Waals surface area (Å²) in [6.45, 7) is 0. The first-order valence-corrected chi connectivity index (χ1v) is 7.14. The van der Waals surface area contributed by atoms with Crippen LogP contribution in [0.2, 0.25) is 0 Å². The number of phenols is 1. The molecule has 2 nitrogen and oxygen atoms in total. The van der Waals surface area contributed by atoms with E-state index in [0.717, 1.165) is 14.9 Å². The molecule has 0 aliphatic heterocycles. The molecule has 0 atom stereocenters. The van der Waals surface area contributed by atoms with Gasteiger partial charge in [-0.25, -0.2) is 4.58 Å². The molecule has 6 heteroatoms. The van der Waals surface area contributed by atoms with Gasteiger partial charge in [-0.2, -0.15) is 0 Å². The number of benzene rings is 1. The Morgan fingerprint density at radius 3 is 2.59 bits per heavy atom. The first kappa shape index (κ1) is 14.7. The van der Waals surface area contributed by atoms with Gasteiger partial charge in [0, 0.05) is 15.4 Å². The Hall–Kier alpha value is -0.360. The van der Waals surface area contributed by atoms with Gasteiger partial charge >= 0.3 is 3.98 Å². The zero-order valence-electron chi connectivity index (χ0n) is 9.28. The second-order valence-corrected chi connectivity index (χ2v) is 6.59. The molecular weight excluding hydrogens is 342 g/mol. The number of halogens is 2. The van der Waals surface area contributed by atoms with Gasteiger partial charge in [0.1, 0.15) is 19.8 Å². The van der Waals surface area contributed by atoms with Crippen molar-refractivity contribution >= 4 is 38.6 Å². The maximum atomic E-state index is 9.81. The lowest BCUT2D eigenvalue weighted by Gasteiger charge is -2.00. The molecule has 0 fully saturated rings. The van der Waals surface area contributed by atoms with Crippen LogP contribution in [0.4, 0.5) is 0 Å². The van der Waals surface area contributed by atoms with Crippen LogP contribution in [-0.2, 0) is 0 Å². The highest BCUT2D eigenvalue weighted by molar-refractivity contribution is 9.10. The lowest BCUT2D eigenvalue weighted by molar-refractivity contribution is -0.00000402. The van der Waals surface area contributed by atoms with E-state index in [1.807, 2.05) is 26.2 Å². The summed E-state index contributed by atoms with van der Waals surface area (Å²) in [5, 5.41) is 11.9. The third-order valence-electron chi connectivity index (χ3n) is 2.05. The molecule has 0 saturated carbocycles. The smallest absolute Gasteiger partial charge is 0.314 e. The van der Waals surface area contributed by atoms with Crippen molar-refractivity contribution in [2.24, 2.45) is 0 Å². The molecule has 1 heterocycles. The van der Waals surface area contributed by atoms with Gasteiger partial charge in [-0.15, -0.1) is 0 Å². The molecule has 17 heavy (non-hydrogen) atoms. The minimum atomic E-state index is 0. The molecule has 0 amide bonds. The minimum Gasteiger partial charge on any atom is -1.00 e. The Labute approximate surface area is 122 Å². The van der Waals surface area contributed by atoms with Gasteiger partial charge in [-0.3, -0.25) is 0 Å².